The number of carbonyl (C=O) groups excluding carboxylic acids is 2. The molecule has 0 aliphatic rings. The lowest BCUT2D eigenvalue weighted by atomic mass is 10.1. The van der Waals surface area contributed by atoms with Gasteiger partial charge in [-0.05, 0) is 61.7 Å². The molecule has 2 rings (SSSR count). The van der Waals surface area contributed by atoms with Crippen LogP contribution in [0, 0.1) is 0 Å². The highest BCUT2D eigenvalue weighted by Gasteiger charge is 2.11. The Morgan fingerprint density at radius 2 is 1.54 bits per heavy atom. The van der Waals surface area contributed by atoms with Crippen molar-refractivity contribution in [1.82, 2.24) is 10.6 Å². The van der Waals surface area contributed by atoms with Gasteiger partial charge in [0.2, 0.25) is 0 Å². The van der Waals surface area contributed by atoms with Crippen molar-refractivity contribution in [3.63, 3.8) is 0 Å². The molecule has 0 aliphatic carbocycles. The van der Waals surface area contributed by atoms with E-state index in [0.29, 0.717) is 35.6 Å². The predicted octanol–water partition coefficient (Wildman–Crippen LogP) is 3.20. The first kappa shape index (κ1) is 21.3. The van der Waals surface area contributed by atoms with Gasteiger partial charge in [0.1, 0.15) is 0 Å². The molecule has 0 bridgehead atoms. The van der Waals surface area contributed by atoms with Gasteiger partial charge in [0.25, 0.3) is 11.8 Å². The molecule has 0 heterocycles. The summed E-state index contributed by atoms with van der Waals surface area (Å²) >= 11 is 0. The molecular weight excluding hydrogens is 356 g/mol. The van der Waals surface area contributed by atoms with E-state index in [4.69, 9.17) is 9.47 Å². The monoisotopic (exact) mass is 384 g/mol. The lowest BCUT2D eigenvalue weighted by Gasteiger charge is -2.12. The van der Waals surface area contributed by atoms with Crippen LogP contribution < -0.4 is 20.1 Å². The first-order valence-electron chi connectivity index (χ1n) is 9.38. The van der Waals surface area contributed by atoms with E-state index in [1.54, 1.807) is 38.5 Å². The topological polar surface area (TPSA) is 76.7 Å². The highest BCUT2D eigenvalue weighted by Crippen LogP contribution is 2.27. The van der Waals surface area contributed by atoms with Crippen LogP contribution in [0.5, 0.6) is 11.5 Å². The first-order chi connectivity index (χ1) is 13.5. The van der Waals surface area contributed by atoms with Gasteiger partial charge in [0.05, 0.1) is 14.2 Å². The number of rotatable bonds is 9. The molecule has 150 valence electrons. The van der Waals surface area contributed by atoms with Crippen molar-refractivity contribution in [2.45, 2.75) is 32.7 Å². The quantitative estimate of drug-likeness (QED) is 0.696. The molecule has 2 aromatic carbocycles. The molecule has 0 radical (unpaired) electrons. The highest BCUT2D eigenvalue weighted by molar-refractivity contribution is 5.97. The zero-order chi connectivity index (χ0) is 20.5. The Morgan fingerprint density at radius 3 is 2.11 bits per heavy atom. The van der Waals surface area contributed by atoms with Crippen LogP contribution in [0.1, 0.15) is 46.5 Å². The smallest absolute Gasteiger partial charge is 0.251 e. The molecule has 0 saturated carbocycles. The van der Waals surface area contributed by atoms with Crippen molar-refractivity contribution in [2.24, 2.45) is 0 Å². The number of hydrogen-bond acceptors (Lipinski definition) is 4. The summed E-state index contributed by atoms with van der Waals surface area (Å²) in [6, 6.07) is 12.5. The van der Waals surface area contributed by atoms with Crippen LogP contribution in [0.2, 0.25) is 0 Å². The Labute approximate surface area is 166 Å². The van der Waals surface area contributed by atoms with E-state index in [9.17, 15) is 9.59 Å². The van der Waals surface area contributed by atoms with Crippen molar-refractivity contribution in [3.05, 3.63) is 59.2 Å². The molecule has 2 N–H and O–H groups in total. The van der Waals surface area contributed by atoms with Crippen LogP contribution in [0.4, 0.5) is 0 Å². The Balaban J connectivity index is 1.88. The summed E-state index contributed by atoms with van der Waals surface area (Å²) in [6.45, 7) is 4.46. The molecule has 0 aliphatic heterocycles. The maximum atomic E-state index is 12.3. The van der Waals surface area contributed by atoms with E-state index in [-0.39, 0.29) is 17.9 Å². The summed E-state index contributed by atoms with van der Waals surface area (Å²) in [5.74, 6) is 1.04. The van der Waals surface area contributed by atoms with Crippen molar-refractivity contribution in [3.8, 4) is 11.5 Å². The molecule has 0 saturated heterocycles. The number of nitrogens with one attached hydrogen (secondary N) is 2. The van der Waals surface area contributed by atoms with Gasteiger partial charge in [0.15, 0.2) is 11.5 Å². The number of amides is 2. The molecule has 0 spiro atoms. The van der Waals surface area contributed by atoms with Crippen molar-refractivity contribution in [1.29, 1.82) is 0 Å². The van der Waals surface area contributed by atoms with Gasteiger partial charge >= 0.3 is 0 Å². The molecule has 0 aromatic heterocycles. The second-order valence-corrected chi connectivity index (χ2v) is 6.56. The average molecular weight is 384 g/mol. The van der Waals surface area contributed by atoms with E-state index in [1.807, 2.05) is 32.0 Å². The van der Waals surface area contributed by atoms with E-state index in [0.717, 1.165) is 12.0 Å². The third kappa shape index (κ3) is 5.74. The largest absolute Gasteiger partial charge is 0.493 e. The standard InChI is InChI=1S/C22H28N2O4/c1-5-15(2)24-22(26)18-9-7-17(8-10-18)21(25)23-13-12-16-6-11-19(27-3)20(14-16)28-4/h6-11,14-15H,5,12-13H2,1-4H3,(H,23,25)(H,24,26). The van der Waals surface area contributed by atoms with E-state index >= 15 is 0 Å². The Kier molecular flexibility index (Phi) is 7.87. The van der Waals surface area contributed by atoms with Crippen LogP contribution in [-0.2, 0) is 6.42 Å². The second kappa shape index (κ2) is 10.3. The van der Waals surface area contributed by atoms with E-state index < -0.39 is 0 Å². The predicted molar refractivity (Wildman–Crippen MR) is 109 cm³/mol. The molecular formula is C22H28N2O4. The Hall–Kier alpha value is -3.02. The molecule has 1 unspecified atom stereocenters. The zero-order valence-corrected chi connectivity index (χ0v) is 16.9. The normalized spacial score (nSPS) is 11.4. The van der Waals surface area contributed by atoms with Crippen LogP contribution in [-0.4, -0.2) is 38.6 Å². The van der Waals surface area contributed by atoms with Crippen molar-refractivity contribution >= 4 is 11.8 Å². The minimum atomic E-state index is -0.172. The number of benzene rings is 2. The summed E-state index contributed by atoms with van der Waals surface area (Å²) in [7, 11) is 3.19. The van der Waals surface area contributed by atoms with Gasteiger partial charge in [-0.1, -0.05) is 13.0 Å². The maximum Gasteiger partial charge on any atom is 0.251 e. The molecule has 6 nitrogen and oxygen atoms in total. The summed E-state index contributed by atoms with van der Waals surface area (Å²) in [4.78, 5) is 24.4. The summed E-state index contributed by atoms with van der Waals surface area (Å²) < 4.78 is 10.5. The minimum Gasteiger partial charge on any atom is -0.493 e. The lowest BCUT2D eigenvalue weighted by Crippen LogP contribution is -2.32. The molecule has 2 amide bonds. The molecule has 28 heavy (non-hydrogen) atoms. The fraction of sp³-hybridized carbons (Fsp3) is 0.364. The fourth-order valence-electron chi connectivity index (χ4n) is 2.64. The van der Waals surface area contributed by atoms with Crippen LogP contribution >= 0.6 is 0 Å². The number of hydrogen-bond donors (Lipinski definition) is 2. The van der Waals surface area contributed by atoms with Crippen LogP contribution in [0.15, 0.2) is 42.5 Å². The van der Waals surface area contributed by atoms with Gasteiger partial charge in [-0.2, -0.15) is 0 Å². The summed E-state index contributed by atoms with van der Waals surface area (Å²) in [5.41, 5.74) is 2.10. The van der Waals surface area contributed by atoms with E-state index in [1.165, 1.54) is 0 Å². The van der Waals surface area contributed by atoms with E-state index in [2.05, 4.69) is 10.6 Å². The van der Waals surface area contributed by atoms with Gasteiger partial charge < -0.3 is 20.1 Å². The Bertz CT molecular complexity index is 803. The highest BCUT2D eigenvalue weighted by atomic mass is 16.5. The first-order valence-corrected chi connectivity index (χ1v) is 9.38. The molecule has 6 heteroatoms. The summed E-state index contributed by atoms with van der Waals surface area (Å²) in [5, 5.41) is 5.80. The molecule has 0 fully saturated rings. The number of methoxy groups -OCH3 is 2. The van der Waals surface area contributed by atoms with Crippen molar-refractivity contribution < 1.29 is 19.1 Å². The maximum absolute atomic E-state index is 12.3. The van der Waals surface area contributed by atoms with Crippen LogP contribution in [0.25, 0.3) is 0 Å². The van der Waals surface area contributed by atoms with Gasteiger partial charge in [0, 0.05) is 23.7 Å². The molecule has 2 aromatic rings. The Morgan fingerprint density at radius 1 is 0.929 bits per heavy atom. The summed E-state index contributed by atoms with van der Waals surface area (Å²) in [6.07, 6.45) is 1.54. The SMILES string of the molecule is CCC(C)NC(=O)c1ccc(C(=O)NCCc2ccc(OC)c(OC)c2)cc1. The number of carbonyl (C=O) groups is 2. The van der Waals surface area contributed by atoms with Gasteiger partial charge in [-0.15, -0.1) is 0 Å². The zero-order valence-electron chi connectivity index (χ0n) is 16.9. The van der Waals surface area contributed by atoms with Gasteiger partial charge in [-0.25, -0.2) is 0 Å². The fourth-order valence-corrected chi connectivity index (χ4v) is 2.64. The van der Waals surface area contributed by atoms with Gasteiger partial charge in [-0.3, -0.25) is 9.59 Å². The molecule has 1 atom stereocenters. The third-order valence-electron chi connectivity index (χ3n) is 4.55. The lowest BCUT2D eigenvalue weighted by molar-refractivity contribution is 0.0932. The minimum absolute atomic E-state index is 0.118. The third-order valence-corrected chi connectivity index (χ3v) is 4.55. The van der Waals surface area contributed by atoms with Crippen molar-refractivity contribution in [2.75, 3.05) is 20.8 Å². The average Bonchev–Trinajstić information content (AvgIpc) is 2.73. The second-order valence-electron chi connectivity index (χ2n) is 6.56. The van der Waals surface area contributed by atoms with Crippen LogP contribution in [0.3, 0.4) is 0 Å². The number of ether oxygens (including phenoxy) is 2.